The van der Waals surface area contributed by atoms with E-state index in [0.717, 1.165) is 11.3 Å². The monoisotopic (exact) mass is 376 g/mol. The lowest BCUT2D eigenvalue weighted by Gasteiger charge is -2.24. The van der Waals surface area contributed by atoms with E-state index in [9.17, 15) is 9.18 Å². The van der Waals surface area contributed by atoms with Crippen molar-refractivity contribution in [3.05, 3.63) is 71.5 Å². The van der Waals surface area contributed by atoms with Crippen LogP contribution in [0.5, 0.6) is 5.75 Å². The van der Waals surface area contributed by atoms with Crippen LogP contribution in [0, 0.1) is 5.82 Å². The number of likely N-dealkylation sites (N-methyl/N-ethyl adjacent to an activating group) is 1. The molecular formula is C20H22ClFN2O2. The minimum atomic E-state index is -0.446. The second kappa shape index (κ2) is 9.36. The van der Waals surface area contributed by atoms with E-state index in [2.05, 4.69) is 11.9 Å². The first-order valence-electron chi connectivity index (χ1n) is 8.19. The Morgan fingerprint density at radius 1 is 1.35 bits per heavy atom. The zero-order valence-corrected chi connectivity index (χ0v) is 15.6. The highest BCUT2D eigenvalue weighted by Gasteiger charge is 2.19. The number of anilines is 1. The third-order valence-corrected chi connectivity index (χ3v) is 4.27. The molecule has 138 valence electrons. The van der Waals surface area contributed by atoms with Gasteiger partial charge >= 0.3 is 0 Å². The van der Waals surface area contributed by atoms with Crippen molar-refractivity contribution in [1.82, 2.24) is 4.90 Å². The molecular weight excluding hydrogens is 355 g/mol. The number of carbonyl (C=O) groups is 1. The molecule has 0 fully saturated rings. The predicted octanol–water partition coefficient (Wildman–Crippen LogP) is 4.50. The number of hydrogen-bond acceptors (Lipinski definition) is 3. The van der Waals surface area contributed by atoms with E-state index in [1.165, 1.54) is 18.2 Å². The number of nitrogens with one attached hydrogen (secondary N) is 1. The van der Waals surface area contributed by atoms with E-state index in [-0.39, 0.29) is 10.9 Å². The van der Waals surface area contributed by atoms with Gasteiger partial charge in [-0.2, -0.15) is 0 Å². The van der Waals surface area contributed by atoms with E-state index >= 15 is 0 Å². The zero-order chi connectivity index (χ0) is 19.1. The van der Waals surface area contributed by atoms with Crippen LogP contribution in [0.3, 0.4) is 0 Å². The summed E-state index contributed by atoms with van der Waals surface area (Å²) in [5, 5.41) is 2.90. The number of amides is 1. The Bertz CT molecular complexity index is 765. The van der Waals surface area contributed by atoms with Crippen molar-refractivity contribution in [3.8, 4) is 5.75 Å². The molecule has 0 radical (unpaired) electrons. The summed E-state index contributed by atoms with van der Waals surface area (Å²) in [7, 11) is 1.86. The fraction of sp³-hybridized carbons (Fsp3) is 0.250. The highest BCUT2D eigenvalue weighted by atomic mass is 35.5. The van der Waals surface area contributed by atoms with Crippen molar-refractivity contribution in [2.24, 2.45) is 0 Å². The normalized spacial score (nSPS) is 11.9. The number of benzene rings is 2. The molecule has 0 heterocycles. The summed E-state index contributed by atoms with van der Waals surface area (Å²) in [6.45, 7) is 6.46. The fourth-order valence-corrected chi connectivity index (χ4v) is 2.51. The molecule has 26 heavy (non-hydrogen) atoms. The van der Waals surface area contributed by atoms with Crippen LogP contribution in [0.4, 0.5) is 10.1 Å². The van der Waals surface area contributed by atoms with Crippen molar-refractivity contribution in [2.45, 2.75) is 19.5 Å². The molecule has 1 atom stereocenters. The van der Waals surface area contributed by atoms with Gasteiger partial charge in [-0.25, -0.2) is 4.39 Å². The summed E-state index contributed by atoms with van der Waals surface area (Å²) in [5.41, 5.74) is 1.44. The Balaban J connectivity index is 1.94. The summed E-state index contributed by atoms with van der Waals surface area (Å²) < 4.78 is 18.5. The maximum atomic E-state index is 13.1. The second-order valence-corrected chi connectivity index (χ2v) is 6.36. The van der Waals surface area contributed by atoms with Gasteiger partial charge in [-0.1, -0.05) is 36.4 Å². The Kier molecular flexibility index (Phi) is 7.18. The van der Waals surface area contributed by atoms with E-state index in [0.29, 0.717) is 18.8 Å². The molecule has 2 rings (SSSR count). The molecule has 0 bridgehead atoms. The first kappa shape index (κ1) is 19.9. The van der Waals surface area contributed by atoms with Crippen LogP contribution in [-0.2, 0) is 11.3 Å². The van der Waals surface area contributed by atoms with Gasteiger partial charge in [0.25, 0.3) is 0 Å². The zero-order valence-electron chi connectivity index (χ0n) is 14.8. The van der Waals surface area contributed by atoms with Gasteiger partial charge in [-0.3, -0.25) is 9.69 Å². The van der Waals surface area contributed by atoms with Crippen LogP contribution in [0.15, 0.2) is 55.1 Å². The fourth-order valence-electron chi connectivity index (χ4n) is 2.30. The number of carbonyl (C=O) groups excluding carboxylic acids is 1. The van der Waals surface area contributed by atoms with Gasteiger partial charge in [-0.05, 0) is 49.9 Å². The Morgan fingerprint density at radius 2 is 2.04 bits per heavy atom. The number of rotatable bonds is 8. The van der Waals surface area contributed by atoms with Gasteiger partial charge in [0.1, 0.15) is 18.2 Å². The van der Waals surface area contributed by atoms with Gasteiger partial charge < -0.3 is 10.1 Å². The Hall–Kier alpha value is -2.37. The number of halogens is 2. The first-order valence-corrected chi connectivity index (χ1v) is 8.57. The van der Waals surface area contributed by atoms with Crippen LogP contribution in [0.2, 0.25) is 5.02 Å². The number of ether oxygens (including phenoxy) is 1. The van der Waals surface area contributed by atoms with E-state index in [4.69, 9.17) is 16.3 Å². The van der Waals surface area contributed by atoms with Crippen molar-refractivity contribution >= 4 is 23.2 Å². The van der Waals surface area contributed by atoms with Crippen molar-refractivity contribution in [1.29, 1.82) is 0 Å². The van der Waals surface area contributed by atoms with Crippen molar-refractivity contribution in [2.75, 3.05) is 19.0 Å². The lowest BCUT2D eigenvalue weighted by atomic mass is 10.1. The third-order valence-electron chi connectivity index (χ3n) is 3.95. The van der Waals surface area contributed by atoms with Gasteiger partial charge in [0.2, 0.25) is 5.91 Å². The summed E-state index contributed by atoms with van der Waals surface area (Å²) in [6.07, 6.45) is 1.69. The molecule has 0 saturated carbocycles. The van der Waals surface area contributed by atoms with E-state index in [1.54, 1.807) is 13.0 Å². The molecule has 1 N–H and O–H groups in total. The molecule has 0 aliphatic carbocycles. The average Bonchev–Trinajstić information content (AvgIpc) is 2.62. The lowest BCUT2D eigenvalue weighted by molar-refractivity contribution is -0.120. The Morgan fingerprint density at radius 3 is 2.65 bits per heavy atom. The molecule has 4 nitrogen and oxygen atoms in total. The molecule has 0 unspecified atom stereocenters. The quantitative estimate of drug-likeness (QED) is 0.689. The summed E-state index contributed by atoms with van der Waals surface area (Å²) in [6, 6.07) is 11.2. The smallest absolute Gasteiger partial charge is 0.241 e. The van der Waals surface area contributed by atoms with Crippen LogP contribution in [0.1, 0.15) is 12.5 Å². The molecule has 0 aromatic heterocycles. The minimum absolute atomic E-state index is 0.170. The van der Waals surface area contributed by atoms with Crippen LogP contribution < -0.4 is 10.1 Å². The van der Waals surface area contributed by atoms with Crippen LogP contribution in [0.25, 0.3) is 0 Å². The summed E-state index contributed by atoms with van der Waals surface area (Å²) >= 11 is 5.95. The van der Waals surface area contributed by atoms with E-state index in [1.807, 2.05) is 36.2 Å². The highest BCUT2D eigenvalue weighted by Crippen LogP contribution is 2.23. The number of hydrogen-bond donors (Lipinski definition) is 1. The molecule has 2 aromatic carbocycles. The maximum absolute atomic E-state index is 13.1. The SMILES string of the molecule is C=CCOc1ccc(CN(C)[C@H](C)C(=O)Nc2ccc(F)cc2Cl)cc1. The van der Waals surface area contributed by atoms with Gasteiger partial charge in [0.15, 0.2) is 0 Å². The van der Waals surface area contributed by atoms with Crippen LogP contribution >= 0.6 is 11.6 Å². The standard InChI is InChI=1S/C20H22ClFN2O2/c1-4-11-26-17-8-5-15(6-9-17)13-24(3)14(2)20(25)23-19-10-7-16(22)12-18(19)21/h4-10,12,14H,1,11,13H2,2-3H3,(H,23,25)/t14-/m1/s1. The lowest BCUT2D eigenvalue weighted by Crippen LogP contribution is -2.39. The average molecular weight is 377 g/mol. The molecule has 0 aliphatic heterocycles. The molecule has 2 aromatic rings. The highest BCUT2D eigenvalue weighted by molar-refractivity contribution is 6.33. The van der Waals surface area contributed by atoms with Gasteiger partial charge in [0, 0.05) is 6.54 Å². The largest absolute Gasteiger partial charge is 0.490 e. The summed E-state index contributed by atoms with van der Waals surface area (Å²) in [4.78, 5) is 14.3. The second-order valence-electron chi connectivity index (χ2n) is 5.95. The molecule has 0 spiro atoms. The van der Waals surface area contributed by atoms with E-state index < -0.39 is 11.9 Å². The number of nitrogens with zero attached hydrogens (tertiary/aromatic N) is 1. The van der Waals surface area contributed by atoms with Gasteiger partial charge in [0.05, 0.1) is 16.8 Å². The molecule has 0 saturated heterocycles. The topological polar surface area (TPSA) is 41.6 Å². The molecule has 0 aliphatic rings. The van der Waals surface area contributed by atoms with Crippen molar-refractivity contribution in [3.63, 3.8) is 0 Å². The minimum Gasteiger partial charge on any atom is -0.490 e. The first-order chi connectivity index (χ1) is 12.4. The molecule has 6 heteroatoms. The Labute approximate surface area is 158 Å². The van der Waals surface area contributed by atoms with Gasteiger partial charge in [-0.15, -0.1) is 0 Å². The summed E-state index contributed by atoms with van der Waals surface area (Å²) in [5.74, 6) is 0.110. The van der Waals surface area contributed by atoms with Crippen LogP contribution in [-0.4, -0.2) is 30.5 Å². The maximum Gasteiger partial charge on any atom is 0.241 e. The predicted molar refractivity (Wildman–Crippen MR) is 103 cm³/mol. The molecule has 1 amide bonds. The third kappa shape index (κ3) is 5.58. The van der Waals surface area contributed by atoms with Crippen molar-refractivity contribution < 1.29 is 13.9 Å².